The van der Waals surface area contributed by atoms with Gasteiger partial charge in [0.05, 0.1) is 6.04 Å². The molecule has 19 heavy (non-hydrogen) atoms. The smallest absolute Gasteiger partial charge is 0.128 e. The molecule has 0 amide bonds. The maximum atomic E-state index is 14.0. The van der Waals surface area contributed by atoms with Crippen LogP contribution in [0.25, 0.3) is 0 Å². The van der Waals surface area contributed by atoms with E-state index in [9.17, 15) is 4.39 Å². The minimum absolute atomic E-state index is 0.197. The van der Waals surface area contributed by atoms with E-state index >= 15 is 0 Å². The molecule has 1 unspecified atom stereocenters. The van der Waals surface area contributed by atoms with Gasteiger partial charge in [0.25, 0.3) is 0 Å². The molecule has 100 valence electrons. The van der Waals surface area contributed by atoms with Crippen molar-refractivity contribution in [1.82, 2.24) is 5.32 Å². The van der Waals surface area contributed by atoms with Crippen molar-refractivity contribution >= 4 is 27.5 Å². The van der Waals surface area contributed by atoms with Gasteiger partial charge in [-0.25, -0.2) is 4.39 Å². The molecule has 1 atom stereocenters. The second-order valence-corrected chi connectivity index (χ2v) is 5.56. The largest absolute Gasteiger partial charge is 0.306 e. The Morgan fingerprint density at radius 2 is 1.89 bits per heavy atom. The normalized spacial score (nSPS) is 12.4. The highest BCUT2D eigenvalue weighted by Gasteiger charge is 2.17. The molecule has 0 spiro atoms. The lowest BCUT2D eigenvalue weighted by Crippen LogP contribution is -2.23. The summed E-state index contributed by atoms with van der Waals surface area (Å²) in [4.78, 5) is 0. The van der Waals surface area contributed by atoms with E-state index in [0.29, 0.717) is 10.6 Å². The van der Waals surface area contributed by atoms with E-state index in [1.54, 1.807) is 12.1 Å². The van der Waals surface area contributed by atoms with Crippen molar-refractivity contribution in [2.45, 2.75) is 13.0 Å². The Morgan fingerprint density at radius 1 is 1.21 bits per heavy atom. The van der Waals surface area contributed by atoms with Gasteiger partial charge in [-0.1, -0.05) is 46.6 Å². The first-order valence-electron chi connectivity index (χ1n) is 6.05. The summed E-state index contributed by atoms with van der Waals surface area (Å²) in [6.07, 6.45) is 0. The van der Waals surface area contributed by atoms with Gasteiger partial charge < -0.3 is 5.32 Å². The van der Waals surface area contributed by atoms with Crippen molar-refractivity contribution in [2.75, 3.05) is 6.54 Å². The van der Waals surface area contributed by atoms with Crippen molar-refractivity contribution in [3.63, 3.8) is 0 Å². The zero-order valence-corrected chi connectivity index (χ0v) is 12.8. The highest BCUT2D eigenvalue weighted by Crippen LogP contribution is 2.27. The molecule has 0 radical (unpaired) electrons. The number of hydrogen-bond donors (Lipinski definition) is 1. The van der Waals surface area contributed by atoms with Crippen LogP contribution in [0.15, 0.2) is 46.9 Å². The van der Waals surface area contributed by atoms with Crippen molar-refractivity contribution in [3.8, 4) is 0 Å². The minimum Gasteiger partial charge on any atom is -0.306 e. The van der Waals surface area contributed by atoms with Crippen molar-refractivity contribution in [3.05, 3.63) is 68.9 Å². The number of rotatable bonds is 4. The molecule has 2 rings (SSSR count). The fraction of sp³-hybridized carbons (Fsp3) is 0.200. The van der Waals surface area contributed by atoms with Crippen LogP contribution in [-0.4, -0.2) is 6.54 Å². The monoisotopic (exact) mass is 341 g/mol. The molecular weight excluding hydrogens is 329 g/mol. The van der Waals surface area contributed by atoms with Crippen LogP contribution >= 0.6 is 27.5 Å². The van der Waals surface area contributed by atoms with E-state index in [0.717, 1.165) is 16.6 Å². The Labute approximate surface area is 125 Å². The molecule has 0 aliphatic carbocycles. The van der Waals surface area contributed by atoms with Crippen LogP contribution in [0.3, 0.4) is 0 Å². The first-order valence-corrected chi connectivity index (χ1v) is 7.22. The molecule has 0 bridgehead atoms. The highest BCUT2D eigenvalue weighted by atomic mass is 79.9. The van der Waals surface area contributed by atoms with E-state index in [4.69, 9.17) is 11.6 Å². The number of halogens is 3. The Bertz CT molecular complexity index is 557. The Morgan fingerprint density at radius 3 is 2.53 bits per heavy atom. The van der Waals surface area contributed by atoms with Gasteiger partial charge in [-0.3, -0.25) is 0 Å². The van der Waals surface area contributed by atoms with E-state index in [1.807, 2.05) is 31.2 Å². The summed E-state index contributed by atoms with van der Waals surface area (Å²) >= 11 is 9.37. The molecule has 2 aromatic rings. The Kier molecular flexibility index (Phi) is 4.97. The number of benzene rings is 2. The summed E-state index contributed by atoms with van der Waals surface area (Å²) in [6, 6.07) is 12.3. The summed E-state index contributed by atoms with van der Waals surface area (Å²) < 4.78 is 15.0. The molecular formula is C15H14BrClFN. The molecule has 4 heteroatoms. The van der Waals surface area contributed by atoms with Gasteiger partial charge in [0.1, 0.15) is 5.82 Å². The van der Waals surface area contributed by atoms with Gasteiger partial charge in [-0.15, -0.1) is 0 Å². The van der Waals surface area contributed by atoms with Crippen molar-refractivity contribution < 1.29 is 4.39 Å². The van der Waals surface area contributed by atoms with Crippen LogP contribution < -0.4 is 5.32 Å². The molecule has 0 heterocycles. The molecule has 0 aliphatic rings. The lowest BCUT2D eigenvalue weighted by atomic mass is 9.98. The van der Waals surface area contributed by atoms with E-state index < -0.39 is 0 Å². The highest BCUT2D eigenvalue weighted by molar-refractivity contribution is 9.10. The van der Waals surface area contributed by atoms with Gasteiger partial charge >= 0.3 is 0 Å². The zero-order valence-electron chi connectivity index (χ0n) is 10.5. The summed E-state index contributed by atoms with van der Waals surface area (Å²) in [6.45, 7) is 2.74. The van der Waals surface area contributed by atoms with E-state index in [2.05, 4.69) is 21.2 Å². The Balaban J connectivity index is 2.44. The summed E-state index contributed by atoms with van der Waals surface area (Å²) in [5, 5.41) is 3.83. The van der Waals surface area contributed by atoms with Gasteiger partial charge in [0, 0.05) is 15.1 Å². The molecule has 0 fully saturated rings. The van der Waals surface area contributed by atoms with Gasteiger partial charge in [0.2, 0.25) is 0 Å². The first kappa shape index (κ1) is 14.5. The molecule has 1 N–H and O–H groups in total. The first-order chi connectivity index (χ1) is 9.11. The van der Waals surface area contributed by atoms with Crippen LogP contribution in [0.4, 0.5) is 4.39 Å². The minimum atomic E-state index is -0.252. The second-order valence-electron chi connectivity index (χ2n) is 4.21. The molecule has 0 saturated carbocycles. The Hall–Kier alpha value is -0.900. The predicted molar refractivity (Wildman–Crippen MR) is 81.1 cm³/mol. The molecule has 0 aromatic heterocycles. The number of nitrogens with one attached hydrogen (secondary N) is 1. The summed E-state index contributed by atoms with van der Waals surface area (Å²) in [5.74, 6) is -0.252. The van der Waals surface area contributed by atoms with Crippen molar-refractivity contribution in [2.24, 2.45) is 0 Å². The van der Waals surface area contributed by atoms with Gasteiger partial charge in [-0.05, 0) is 42.4 Å². The van der Waals surface area contributed by atoms with Gasteiger partial charge in [0.15, 0.2) is 0 Å². The average molecular weight is 343 g/mol. The predicted octanol–water partition coefficient (Wildman–Crippen LogP) is 4.94. The fourth-order valence-electron chi connectivity index (χ4n) is 2.00. The summed E-state index contributed by atoms with van der Waals surface area (Å²) in [7, 11) is 0. The molecule has 0 aliphatic heterocycles. The molecule has 2 aromatic carbocycles. The maximum Gasteiger partial charge on any atom is 0.128 e. The second kappa shape index (κ2) is 6.51. The zero-order chi connectivity index (χ0) is 13.8. The third-order valence-electron chi connectivity index (χ3n) is 2.88. The third kappa shape index (κ3) is 3.56. The molecule has 1 nitrogen and oxygen atoms in total. The van der Waals surface area contributed by atoms with Crippen LogP contribution in [-0.2, 0) is 0 Å². The van der Waals surface area contributed by atoms with Crippen LogP contribution in [0.1, 0.15) is 24.1 Å². The number of hydrogen-bond acceptors (Lipinski definition) is 1. The van der Waals surface area contributed by atoms with Crippen molar-refractivity contribution in [1.29, 1.82) is 0 Å². The average Bonchev–Trinajstić information content (AvgIpc) is 2.40. The van der Waals surface area contributed by atoms with Crippen LogP contribution in [0.2, 0.25) is 5.02 Å². The van der Waals surface area contributed by atoms with Gasteiger partial charge in [-0.2, -0.15) is 0 Å². The quantitative estimate of drug-likeness (QED) is 0.830. The topological polar surface area (TPSA) is 12.0 Å². The SMILES string of the molecule is CCNC(c1ccc(Br)cc1)c1cc(Cl)ccc1F. The standard InChI is InChI=1S/C15H14BrClFN/c1-2-19-15(10-3-5-11(16)6-4-10)13-9-12(17)7-8-14(13)18/h3-9,15,19H,2H2,1H3. The maximum absolute atomic E-state index is 14.0. The van der Waals surface area contributed by atoms with Crippen LogP contribution in [0, 0.1) is 5.82 Å². The lowest BCUT2D eigenvalue weighted by Gasteiger charge is -2.20. The van der Waals surface area contributed by atoms with E-state index in [-0.39, 0.29) is 11.9 Å². The fourth-order valence-corrected chi connectivity index (χ4v) is 2.45. The van der Waals surface area contributed by atoms with E-state index in [1.165, 1.54) is 6.07 Å². The lowest BCUT2D eigenvalue weighted by molar-refractivity contribution is 0.559. The van der Waals surface area contributed by atoms with Crippen LogP contribution in [0.5, 0.6) is 0 Å². The molecule has 0 saturated heterocycles. The third-order valence-corrected chi connectivity index (χ3v) is 3.64. The summed E-state index contributed by atoms with van der Waals surface area (Å²) in [5.41, 5.74) is 1.57.